The molecule has 5 heteroatoms. The van der Waals surface area contributed by atoms with Gasteiger partial charge in [-0.15, -0.1) is 5.10 Å². The average molecular weight is 508 g/mol. The fraction of sp³-hybridized carbons (Fsp3) is 0.719. The first-order valence-corrected chi connectivity index (χ1v) is 14.8. The second-order valence-electron chi connectivity index (χ2n) is 13.2. The lowest BCUT2D eigenvalue weighted by atomic mass is 9.44. The zero-order chi connectivity index (χ0) is 26.4. The maximum atomic E-state index is 13.8. The quantitative estimate of drug-likeness (QED) is 0.395. The first-order valence-electron chi connectivity index (χ1n) is 14.8. The smallest absolute Gasteiger partial charge is 0.157 e. The topological polar surface area (TPSA) is 47.8 Å². The monoisotopic (exact) mass is 507 g/mol. The number of hydrogen-bond acceptors (Lipinski definition) is 3. The van der Waals surface area contributed by atoms with Crippen LogP contribution in [0.15, 0.2) is 30.4 Å². The largest absolute Gasteiger partial charge is 0.297 e. The summed E-state index contributed by atoms with van der Waals surface area (Å²) < 4.78 is 15.4. The lowest BCUT2D eigenvalue weighted by molar-refractivity contribution is -0.137. The average Bonchev–Trinajstić information content (AvgIpc) is 3.44. The van der Waals surface area contributed by atoms with Crippen LogP contribution in [-0.2, 0) is 11.3 Å². The summed E-state index contributed by atoms with van der Waals surface area (Å²) in [5.41, 5.74) is 1.88. The van der Waals surface area contributed by atoms with Gasteiger partial charge in [-0.2, -0.15) is 0 Å². The number of benzene rings is 1. The Labute approximate surface area is 222 Å². The molecule has 4 fully saturated rings. The molecule has 0 bridgehead atoms. The fourth-order valence-electron chi connectivity index (χ4n) is 9.31. The number of allylic oxidation sites excluding steroid dienone is 2. The standard InChI is InChI=1S/C28H38FN3O.C4H8/c1-17-10-12-27(2)18(14-17)4-6-20-21-7-8-23(28(21,3)13-11-22(20)27)26(33)16-32-25-15-19(29)5-9-24(25)30-31-32;1-3-4-2/h5,9,15,17-18,20-23H,4,6-8,10-14,16H2,1-3H3;3-4H,1-2H3/b;4-3-. The first-order chi connectivity index (χ1) is 17.7. The van der Waals surface area contributed by atoms with E-state index in [9.17, 15) is 9.18 Å². The van der Waals surface area contributed by atoms with Crippen LogP contribution in [0.1, 0.15) is 92.4 Å². The molecule has 0 amide bonds. The summed E-state index contributed by atoms with van der Waals surface area (Å²) in [6.45, 7) is 11.7. The van der Waals surface area contributed by atoms with Gasteiger partial charge in [0.15, 0.2) is 5.78 Å². The van der Waals surface area contributed by atoms with Crippen molar-refractivity contribution in [3.05, 3.63) is 36.2 Å². The minimum Gasteiger partial charge on any atom is -0.297 e. The highest BCUT2D eigenvalue weighted by Gasteiger charge is 2.60. The van der Waals surface area contributed by atoms with Crippen molar-refractivity contribution in [1.82, 2.24) is 15.0 Å². The van der Waals surface area contributed by atoms with Crippen molar-refractivity contribution in [2.75, 3.05) is 0 Å². The molecule has 0 saturated heterocycles. The van der Waals surface area contributed by atoms with E-state index in [1.54, 1.807) is 10.7 Å². The molecule has 8 atom stereocenters. The zero-order valence-electron chi connectivity index (χ0n) is 23.5. The number of fused-ring (bicyclic) bond motifs is 6. The molecule has 0 radical (unpaired) electrons. The van der Waals surface area contributed by atoms with Crippen LogP contribution in [0, 0.1) is 52.2 Å². The van der Waals surface area contributed by atoms with Gasteiger partial charge in [0, 0.05) is 12.0 Å². The number of carbonyl (C=O) groups is 1. The summed E-state index contributed by atoms with van der Waals surface area (Å²) in [4.78, 5) is 13.6. The first kappa shape index (κ1) is 26.6. The molecule has 6 rings (SSSR count). The highest BCUT2D eigenvalue weighted by atomic mass is 19.1. The Bertz CT molecular complexity index is 1150. The molecule has 1 heterocycles. The number of carbonyl (C=O) groups excluding carboxylic acids is 1. The SMILES string of the molecule is C/C=C\C.CC1CCC2(C)C(CCC3C2CCC2(C)C(C(=O)Cn4nnc5ccc(F)cc54)CCC32)C1. The summed E-state index contributed by atoms with van der Waals surface area (Å²) in [5, 5.41) is 8.32. The van der Waals surface area contributed by atoms with Gasteiger partial charge in [-0.05, 0) is 118 Å². The molecule has 4 nitrogen and oxygen atoms in total. The predicted molar refractivity (Wildman–Crippen MR) is 147 cm³/mol. The van der Waals surface area contributed by atoms with Crippen molar-refractivity contribution >= 4 is 16.8 Å². The maximum absolute atomic E-state index is 13.8. The van der Waals surface area contributed by atoms with Gasteiger partial charge in [0.1, 0.15) is 17.9 Å². The maximum Gasteiger partial charge on any atom is 0.157 e. The van der Waals surface area contributed by atoms with Crippen molar-refractivity contribution in [1.29, 1.82) is 0 Å². The molecule has 2 aromatic rings. The molecule has 0 N–H and O–H groups in total. The molecule has 8 unspecified atom stereocenters. The van der Waals surface area contributed by atoms with Gasteiger partial charge in [-0.25, -0.2) is 9.07 Å². The van der Waals surface area contributed by atoms with Crippen molar-refractivity contribution in [2.24, 2.45) is 46.3 Å². The molecule has 4 aliphatic rings. The zero-order valence-corrected chi connectivity index (χ0v) is 23.5. The van der Waals surface area contributed by atoms with E-state index in [0.717, 1.165) is 30.1 Å². The summed E-state index contributed by atoms with van der Waals surface area (Å²) in [5.74, 6) is 4.15. The van der Waals surface area contributed by atoms with Gasteiger partial charge >= 0.3 is 0 Å². The van der Waals surface area contributed by atoms with Gasteiger partial charge in [0.05, 0.1) is 5.52 Å². The summed E-state index contributed by atoms with van der Waals surface area (Å²) in [6.07, 6.45) is 15.7. The number of halogens is 1. The number of nitrogens with zero attached hydrogens (tertiary/aromatic N) is 3. The van der Waals surface area contributed by atoms with E-state index < -0.39 is 0 Å². The van der Waals surface area contributed by atoms with Crippen LogP contribution in [0.25, 0.3) is 11.0 Å². The van der Waals surface area contributed by atoms with Gasteiger partial charge in [-0.3, -0.25) is 4.79 Å². The van der Waals surface area contributed by atoms with Crippen LogP contribution in [0.2, 0.25) is 0 Å². The molecule has 0 aliphatic heterocycles. The van der Waals surface area contributed by atoms with Crippen molar-refractivity contribution in [3.8, 4) is 0 Å². The van der Waals surface area contributed by atoms with E-state index in [4.69, 9.17) is 0 Å². The van der Waals surface area contributed by atoms with Crippen LogP contribution >= 0.6 is 0 Å². The molecule has 1 aromatic carbocycles. The molecule has 4 saturated carbocycles. The van der Waals surface area contributed by atoms with Gasteiger partial charge in [-0.1, -0.05) is 44.6 Å². The third kappa shape index (κ3) is 4.59. The van der Waals surface area contributed by atoms with Gasteiger partial charge in [0.25, 0.3) is 0 Å². The Balaban J connectivity index is 0.000000655. The van der Waals surface area contributed by atoms with Crippen molar-refractivity contribution in [3.63, 3.8) is 0 Å². The lowest BCUT2D eigenvalue weighted by Crippen LogP contribution is -2.53. The number of rotatable bonds is 3. The number of ketones is 1. The second kappa shape index (κ2) is 10.3. The van der Waals surface area contributed by atoms with E-state index >= 15 is 0 Å². The van der Waals surface area contributed by atoms with E-state index in [0.29, 0.717) is 22.4 Å². The number of aromatic nitrogens is 3. The number of hydrogen-bond donors (Lipinski definition) is 0. The minimum atomic E-state index is -0.314. The van der Waals surface area contributed by atoms with Gasteiger partial charge in [0.2, 0.25) is 0 Å². The summed E-state index contributed by atoms with van der Waals surface area (Å²) in [7, 11) is 0. The van der Waals surface area contributed by atoms with Crippen LogP contribution in [-0.4, -0.2) is 20.8 Å². The number of Topliss-reactive ketones (excluding diaryl/α,β-unsaturated/α-hetero) is 1. The molecule has 4 aliphatic carbocycles. The highest BCUT2D eigenvalue weighted by Crippen LogP contribution is 2.67. The van der Waals surface area contributed by atoms with Crippen molar-refractivity contribution < 1.29 is 9.18 Å². The molecular weight excluding hydrogens is 461 g/mol. The van der Waals surface area contributed by atoms with E-state index in [1.165, 1.54) is 63.5 Å². The Hall–Kier alpha value is -2.04. The van der Waals surface area contributed by atoms with Crippen LogP contribution in [0.4, 0.5) is 4.39 Å². The lowest BCUT2D eigenvalue weighted by Gasteiger charge is -2.61. The normalized spacial score (nSPS) is 39.0. The third-order valence-corrected chi connectivity index (χ3v) is 11.4. The summed E-state index contributed by atoms with van der Waals surface area (Å²) >= 11 is 0. The van der Waals surface area contributed by atoms with Gasteiger partial charge < -0.3 is 0 Å². The highest BCUT2D eigenvalue weighted by molar-refractivity contribution is 5.84. The molecule has 0 spiro atoms. The van der Waals surface area contributed by atoms with Crippen LogP contribution in [0.3, 0.4) is 0 Å². The molecular formula is C32H46FN3O. The van der Waals surface area contributed by atoms with E-state index in [1.807, 2.05) is 26.0 Å². The molecule has 202 valence electrons. The molecule has 1 aromatic heterocycles. The molecule has 37 heavy (non-hydrogen) atoms. The Morgan fingerprint density at radius 1 is 1.03 bits per heavy atom. The Morgan fingerprint density at radius 2 is 1.76 bits per heavy atom. The summed E-state index contributed by atoms with van der Waals surface area (Å²) in [6, 6.07) is 4.47. The Kier molecular flexibility index (Phi) is 7.37. The predicted octanol–water partition coefficient (Wildman–Crippen LogP) is 8.02. The van der Waals surface area contributed by atoms with Crippen LogP contribution in [0.5, 0.6) is 0 Å². The fourth-order valence-corrected chi connectivity index (χ4v) is 9.31. The second-order valence-corrected chi connectivity index (χ2v) is 13.2. The minimum absolute atomic E-state index is 0.0909. The third-order valence-electron chi connectivity index (χ3n) is 11.4. The van der Waals surface area contributed by atoms with E-state index in [2.05, 4.69) is 31.1 Å². The Morgan fingerprint density at radius 3 is 2.51 bits per heavy atom. The van der Waals surface area contributed by atoms with E-state index in [-0.39, 0.29) is 29.5 Å². The van der Waals surface area contributed by atoms with Crippen molar-refractivity contribution in [2.45, 2.75) is 99.0 Å². The van der Waals surface area contributed by atoms with Crippen LogP contribution < -0.4 is 0 Å².